The molecule has 2 aromatic rings. The third-order valence-electron chi connectivity index (χ3n) is 3.91. The number of hydrogen-bond donors (Lipinski definition) is 2. The van der Waals surface area contributed by atoms with Crippen molar-refractivity contribution in [3.05, 3.63) is 75.8 Å². The predicted octanol–water partition coefficient (Wildman–Crippen LogP) is 2.49. The lowest BCUT2D eigenvalue weighted by atomic mass is 10.0. The van der Waals surface area contributed by atoms with Crippen molar-refractivity contribution < 1.29 is 23.2 Å². The maximum absolute atomic E-state index is 12.5. The number of carbonyl (C=O) groups is 1. The highest BCUT2D eigenvalue weighted by Gasteiger charge is 2.23. The second-order valence-corrected chi connectivity index (χ2v) is 7.84. The number of nitrogens with zero attached hydrogens (tertiary/aromatic N) is 1. The van der Waals surface area contributed by atoms with Crippen molar-refractivity contribution in [2.75, 3.05) is 0 Å². The summed E-state index contributed by atoms with van der Waals surface area (Å²) in [6, 6.07) is 14.1. The van der Waals surface area contributed by atoms with Gasteiger partial charge in [-0.25, -0.2) is 13.1 Å². The van der Waals surface area contributed by atoms with Crippen LogP contribution in [0, 0.1) is 10.1 Å². The van der Waals surface area contributed by atoms with Crippen molar-refractivity contribution in [2.45, 2.75) is 31.1 Å². The lowest BCUT2D eigenvalue weighted by molar-refractivity contribution is -0.385. The number of nitro benzene ring substituents is 1. The molecule has 1 atom stereocenters. The molecule has 0 fully saturated rings. The van der Waals surface area contributed by atoms with Gasteiger partial charge in [-0.1, -0.05) is 48.5 Å². The summed E-state index contributed by atoms with van der Waals surface area (Å²) in [5.74, 6) is -1.58. The van der Waals surface area contributed by atoms with Gasteiger partial charge in [0.15, 0.2) is 0 Å². The van der Waals surface area contributed by atoms with Crippen molar-refractivity contribution in [1.82, 2.24) is 4.72 Å². The SMILES string of the molecule is O=C(O)CCC(Cc1ccccc1)NS(=O)(=O)Cc1ccccc1[N+](=O)[O-]. The van der Waals surface area contributed by atoms with Gasteiger partial charge in [0.2, 0.25) is 10.0 Å². The highest BCUT2D eigenvalue weighted by molar-refractivity contribution is 7.88. The van der Waals surface area contributed by atoms with Crippen LogP contribution in [0.25, 0.3) is 0 Å². The quantitative estimate of drug-likeness (QED) is 0.472. The van der Waals surface area contributed by atoms with Crippen LogP contribution in [0.5, 0.6) is 0 Å². The lowest BCUT2D eigenvalue weighted by Gasteiger charge is -2.18. The van der Waals surface area contributed by atoms with Gasteiger partial charge in [-0.15, -0.1) is 0 Å². The molecule has 0 aliphatic rings. The fourth-order valence-corrected chi connectivity index (χ4v) is 4.16. The van der Waals surface area contributed by atoms with Gasteiger partial charge in [0.1, 0.15) is 0 Å². The van der Waals surface area contributed by atoms with E-state index in [4.69, 9.17) is 5.11 Å². The Balaban J connectivity index is 2.16. The summed E-state index contributed by atoms with van der Waals surface area (Å²) >= 11 is 0. The topological polar surface area (TPSA) is 127 Å². The van der Waals surface area contributed by atoms with Gasteiger partial charge < -0.3 is 5.11 Å². The normalized spacial score (nSPS) is 12.4. The van der Waals surface area contributed by atoms with Crippen LogP contribution in [0.15, 0.2) is 54.6 Å². The Hall–Kier alpha value is -2.78. The molecular weight excluding hydrogens is 372 g/mol. The highest BCUT2D eigenvalue weighted by atomic mass is 32.2. The Labute approximate surface area is 157 Å². The first-order chi connectivity index (χ1) is 12.8. The van der Waals surface area contributed by atoms with E-state index in [1.54, 1.807) is 0 Å². The molecule has 2 rings (SSSR count). The number of aliphatic carboxylic acids is 1. The second-order valence-electron chi connectivity index (χ2n) is 6.08. The fraction of sp³-hybridized carbons (Fsp3) is 0.278. The van der Waals surface area contributed by atoms with Gasteiger partial charge in [0, 0.05) is 24.1 Å². The van der Waals surface area contributed by atoms with Gasteiger partial charge in [-0.2, -0.15) is 0 Å². The first-order valence-corrected chi connectivity index (χ1v) is 9.90. The number of carboxylic acid groups (broad SMARTS) is 1. The van der Waals surface area contributed by atoms with Crippen molar-refractivity contribution >= 4 is 21.7 Å². The first kappa shape index (κ1) is 20.5. The second kappa shape index (κ2) is 9.24. The number of carboxylic acids is 1. The van der Waals surface area contributed by atoms with E-state index in [1.807, 2.05) is 30.3 Å². The smallest absolute Gasteiger partial charge is 0.303 e. The molecular formula is C18H20N2O6S. The maximum Gasteiger partial charge on any atom is 0.303 e. The van der Waals surface area contributed by atoms with Crippen LogP contribution in [0.4, 0.5) is 5.69 Å². The summed E-state index contributed by atoms with van der Waals surface area (Å²) in [7, 11) is -3.91. The Bertz CT molecular complexity index is 899. The van der Waals surface area contributed by atoms with Crippen molar-refractivity contribution in [3.8, 4) is 0 Å². The Morgan fingerprint density at radius 3 is 2.37 bits per heavy atom. The lowest BCUT2D eigenvalue weighted by Crippen LogP contribution is -2.37. The number of hydrogen-bond acceptors (Lipinski definition) is 5. The van der Waals surface area contributed by atoms with Gasteiger partial charge in [-0.3, -0.25) is 14.9 Å². The average Bonchev–Trinajstić information content (AvgIpc) is 2.60. The largest absolute Gasteiger partial charge is 0.481 e. The number of sulfonamides is 1. The van der Waals surface area contributed by atoms with Gasteiger partial charge >= 0.3 is 5.97 Å². The van der Waals surface area contributed by atoms with Crippen LogP contribution >= 0.6 is 0 Å². The summed E-state index contributed by atoms with van der Waals surface area (Å²) < 4.78 is 27.6. The van der Waals surface area contributed by atoms with E-state index in [0.29, 0.717) is 6.42 Å². The standard InChI is InChI=1S/C18H20N2O6S/c21-18(22)11-10-16(12-14-6-2-1-3-7-14)19-27(25,26)13-15-8-4-5-9-17(15)20(23)24/h1-9,16,19H,10-13H2,(H,21,22). The van der Waals surface area contributed by atoms with Crippen LogP contribution in [-0.2, 0) is 27.0 Å². The summed E-state index contributed by atoms with van der Waals surface area (Å²) in [6.45, 7) is 0. The third kappa shape index (κ3) is 6.80. The minimum atomic E-state index is -3.91. The summed E-state index contributed by atoms with van der Waals surface area (Å²) in [5, 5.41) is 20.0. The van der Waals surface area contributed by atoms with Crippen molar-refractivity contribution in [2.24, 2.45) is 0 Å². The molecule has 0 spiro atoms. The molecule has 0 radical (unpaired) electrons. The molecule has 9 heteroatoms. The molecule has 0 saturated carbocycles. The number of benzene rings is 2. The average molecular weight is 392 g/mol. The van der Waals surface area contributed by atoms with Gasteiger partial charge in [0.05, 0.1) is 10.7 Å². The summed E-state index contributed by atoms with van der Waals surface area (Å²) in [4.78, 5) is 21.3. The molecule has 0 bridgehead atoms. The van der Waals surface area contributed by atoms with E-state index >= 15 is 0 Å². The monoisotopic (exact) mass is 392 g/mol. The van der Waals surface area contributed by atoms with E-state index < -0.39 is 32.7 Å². The predicted molar refractivity (Wildman–Crippen MR) is 99.7 cm³/mol. The fourth-order valence-electron chi connectivity index (χ4n) is 2.71. The molecule has 2 N–H and O–H groups in total. The number of nitro groups is 1. The Morgan fingerprint density at radius 1 is 1.11 bits per heavy atom. The zero-order valence-corrected chi connectivity index (χ0v) is 15.3. The van der Waals surface area contributed by atoms with E-state index in [9.17, 15) is 23.3 Å². The molecule has 0 aliphatic carbocycles. The van der Waals surface area contributed by atoms with E-state index in [2.05, 4.69) is 4.72 Å². The molecule has 0 saturated heterocycles. The third-order valence-corrected chi connectivity index (χ3v) is 5.30. The molecule has 8 nitrogen and oxygen atoms in total. The summed E-state index contributed by atoms with van der Waals surface area (Å²) in [6.07, 6.45) is 0.246. The van der Waals surface area contributed by atoms with Gasteiger partial charge in [0.25, 0.3) is 5.69 Å². The number of para-hydroxylation sites is 1. The maximum atomic E-state index is 12.5. The molecule has 0 amide bonds. The van der Waals surface area contributed by atoms with Crippen LogP contribution in [-0.4, -0.2) is 30.5 Å². The minimum Gasteiger partial charge on any atom is -0.481 e. The van der Waals surface area contributed by atoms with Crippen LogP contribution in [0.2, 0.25) is 0 Å². The van der Waals surface area contributed by atoms with E-state index in [0.717, 1.165) is 5.56 Å². The molecule has 2 aromatic carbocycles. The summed E-state index contributed by atoms with van der Waals surface area (Å²) in [5.41, 5.74) is 0.668. The van der Waals surface area contributed by atoms with E-state index in [-0.39, 0.29) is 24.1 Å². The number of nitrogens with one attached hydrogen (secondary N) is 1. The highest BCUT2D eigenvalue weighted by Crippen LogP contribution is 2.20. The molecule has 0 aromatic heterocycles. The van der Waals surface area contributed by atoms with Gasteiger partial charge in [-0.05, 0) is 18.4 Å². The Kier molecular flexibility index (Phi) is 7.03. The zero-order chi connectivity index (χ0) is 19.9. The molecule has 1 unspecified atom stereocenters. The Morgan fingerprint density at radius 2 is 1.74 bits per heavy atom. The van der Waals surface area contributed by atoms with Crippen LogP contribution in [0.3, 0.4) is 0 Å². The number of rotatable bonds is 10. The van der Waals surface area contributed by atoms with Crippen LogP contribution < -0.4 is 4.72 Å². The first-order valence-electron chi connectivity index (χ1n) is 8.25. The van der Waals surface area contributed by atoms with Crippen LogP contribution in [0.1, 0.15) is 24.0 Å². The van der Waals surface area contributed by atoms with E-state index in [1.165, 1.54) is 24.3 Å². The van der Waals surface area contributed by atoms with Crippen molar-refractivity contribution in [3.63, 3.8) is 0 Å². The zero-order valence-electron chi connectivity index (χ0n) is 14.4. The van der Waals surface area contributed by atoms with Crippen molar-refractivity contribution in [1.29, 1.82) is 0 Å². The molecule has 0 aliphatic heterocycles. The minimum absolute atomic E-state index is 0.0756. The molecule has 27 heavy (non-hydrogen) atoms. The molecule has 0 heterocycles. The molecule has 144 valence electrons.